The summed E-state index contributed by atoms with van der Waals surface area (Å²) in [5.41, 5.74) is 3.78. The second-order valence-electron chi connectivity index (χ2n) is 6.58. The predicted octanol–water partition coefficient (Wildman–Crippen LogP) is 3.20. The summed E-state index contributed by atoms with van der Waals surface area (Å²) in [5.74, 6) is 0.198. The Hall–Kier alpha value is -2.89. The van der Waals surface area contributed by atoms with Gasteiger partial charge >= 0.3 is 0 Å². The molecule has 6 heteroatoms. The maximum absolute atomic E-state index is 12.7. The molecule has 6 nitrogen and oxygen atoms in total. The van der Waals surface area contributed by atoms with Crippen molar-refractivity contribution in [2.24, 2.45) is 0 Å². The lowest BCUT2D eigenvalue weighted by Crippen LogP contribution is -2.26. The van der Waals surface area contributed by atoms with Crippen molar-refractivity contribution in [1.29, 1.82) is 0 Å². The Morgan fingerprint density at radius 2 is 1.96 bits per heavy atom. The number of aromatic nitrogens is 4. The van der Waals surface area contributed by atoms with Gasteiger partial charge in [0.1, 0.15) is 5.69 Å². The van der Waals surface area contributed by atoms with Crippen molar-refractivity contribution in [3.05, 3.63) is 71.3 Å². The molecule has 3 aromatic rings. The van der Waals surface area contributed by atoms with Crippen molar-refractivity contribution in [3.8, 4) is 0 Å². The fraction of sp³-hybridized carbons (Fsp3) is 0.350. The lowest BCUT2D eigenvalue weighted by Gasteiger charge is -2.11. The maximum Gasteiger partial charge on any atom is 0.269 e. The molecule has 1 aromatic carbocycles. The number of hydrogen-bond acceptors (Lipinski definition) is 3. The molecule has 0 fully saturated rings. The highest BCUT2D eigenvalue weighted by molar-refractivity contribution is 5.92. The highest BCUT2D eigenvalue weighted by Crippen LogP contribution is 2.15. The summed E-state index contributed by atoms with van der Waals surface area (Å²) < 4.78 is 3.64. The van der Waals surface area contributed by atoms with E-state index in [1.165, 1.54) is 0 Å². The van der Waals surface area contributed by atoms with Gasteiger partial charge in [-0.25, -0.2) is 0 Å². The van der Waals surface area contributed by atoms with Crippen molar-refractivity contribution >= 4 is 5.91 Å². The van der Waals surface area contributed by atoms with Crippen LogP contribution < -0.4 is 5.32 Å². The SMILES string of the molecule is CCn1nc(C(C)C)cc1C(=O)NCc1ccccc1Cn1cccn1. The van der Waals surface area contributed by atoms with E-state index in [2.05, 4.69) is 35.4 Å². The summed E-state index contributed by atoms with van der Waals surface area (Å²) in [7, 11) is 0. The molecule has 3 rings (SSSR count). The number of nitrogens with zero attached hydrogens (tertiary/aromatic N) is 4. The van der Waals surface area contributed by atoms with E-state index in [1.807, 2.05) is 48.1 Å². The number of nitrogens with one attached hydrogen (secondary N) is 1. The molecular weight excluding hydrogens is 326 g/mol. The average molecular weight is 351 g/mol. The first-order valence-corrected chi connectivity index (χ1v) is 8.98. The molecular formula is C20H25N5O. The van der Waals surface area contributed by atoms with Gasteiger partial charge in [0.2, 0.25) is 0 Å². The second kappa shape index (κ2) is 7.99. The smallest absolute Gasteiger partial charge is 0.269 e. The Morgan fingerprint density at radius 3 is 2.62 bits per heavy atom. The van der Waals surface area contributed by atoms with Crippen LogP contribution in [-0.2, 0) is 19.6 Å². The summed E-state index contributed by atoms with van der Waals surface area (Å²) in [5, 5.41) is 11.8. The fourth-order valence-electron chi connectivity index (χ4n) is 2.86. The van der Waals surface area contributed by atoms with Crippen molar-refractivity contribution in [1.82, 2.24) is 24.9 Å². The van der Waals surface area contributed by atoms with E-state index in [4.69, 9.17) is 0 Å². The molecule has 0 spiro atoms. The highest BCUT2D eigenvalue weighted by Gasteiger charge is 2.16. The van der Waals surface area contributed by atoms with Crippen LogP contribution in [0.5, 0.6) is 0 Å². The van der Waals surface area contributed by atoms with Gasteiger partial charge in [-0.3, -0.25) is 14.2 Å². The minimum atomic E-state index is -0.0971. The first kappa shape index (κ1) is 17.9. The molecule has 136 valence electrons. The van der Waals surface area contributed by atoms with Crippen LogP contribution in [0.4, 0.5) is 0 Å². The van der Waals surface area contributed by atoms with Gasteiger partial charge in [0.25, 0.3) is 5.91 Å². The first-order chi connectivity index (χ1) is 12.6. The topological polar surface area (TPSA) is 64.7 Å². The molecule has 0 saturated carbocycles. The van der Waals surface area contributed by atoms with Crippen LogP contribution in [0, 0.1) is 0 Å². The maximum atomic E-state index is 12.7. The molecule has 2 heterocycles. The Balaban J connectivity index is 1.72. The summed E-state index contributed by atoms with van der Waals surface area (Å²) >= 11 is 0. The Labute approximate surface area is 153 Å². The molecule has 0 aliphatic heterocycles. The van der Waals surface area contributed by atoms with Crippen LogP contribution in [-0.4, -0.2) is 25.5 Å². The Kier molecular flexibility index (Phi) is 5.51. The van der Waals surface area contributed by atoms with Crippen LogP contribution in [0.25, 0.3) is 0 Å². The van der Waals surface area contributed by atoms with E-state index < -0.39 is 0 Å². The van der Waals surface area contributed by atoms with Gasteiger partial charge in [0.05, 0.1) is 12.2 Å². The van der Waals surface area contributed by atoms with E-state index in [0.29, 0.717) is 31.2 Å². The molecule has 26 heavy (non-hydrogen) atoms. The Morgan fingerprint density at radius 1 is 1.19 bits per heavy atom. The normalized spacial score (nSPS) is 11.1. The van der Waals surface area contributed by atoms with E-state index in [-0.39, 0.29) is 5.91 Å². The largest absolute Gasteiger partial charge is 0.347 e. The lowest BCUT2D eigenvalue weighted by atomic mass is 10.1. The third-order valence-corrected chi connectivity index (χ3v) is 4.37. The molecule has 0 aliphatic rings. The third-order valence-electron chi connectivity index (χ3n) is 4.37. The van der Waals surface area contributed by atoms with E-state index >= 15 is 0 Å². The van der Waals surface area contributed by atoms with Crippen LogP contribution in [0.15, 0.2) is 48.8 Å². The van der Waals surface area contributed by atoms with Crippen LogP contribution in [0.1, 0.15) is 54.0 Å². The predicted molar refractivity (Wildman–Crippen MR) is 101 cm³/mol. The van der Waals surface area contributed by atoms with Gasteiger partial charge in [-0.05, 0) is 36.1 Å². The molecule has 0 aliphatic carbocycles. The van der Waals surface area contributed by atoms with E-state index in [9.17, 15) is 4.79 Å². The number of carbonyl (C=O) groups excluding carboxylic acids is 1. The van der Waals surface area contributed by atoms with Crippen LogP contribution >= 0.6 is 0 Å². The number of carbonyl (C=O) groups is 1. The summed E-state index contributed by atoms with van der Waals surface area (Å²) in [6, 6.07) is 11.9. The molecule has 0 bridgehead atoms. The van der Waals surface area contributed by atoms with Gasteiger partial charge in [-0.15, -0.1) is 0 Å². The zero-order chi connectivity index (χ0) is 18.5. The molecule has 0 radical (unpaired) electrons. The number of hydrogen-bond donors (Lipinski definition) is 1. The van der Waals surface area contributed by atoms with Gasteiger partial charge in [0.15, 0.2) is 0 Å². The lowest BCUT2D eigenvalue weighted by molar-refractivity contribution is 0.0940. The van der Waals surface area contributed by atoms with Crippen LogP contribution in [0.2, 0.25) is 0 Å². The van der Waals surface area contributed by atoms with Crippen molar-refractivity contribution in [3.63, 3.8) is 0 Å². The van der Waals surface area contributed by atoms with Crippen LogP contribution in [0.3, 0.4) is 0 Å². The molecule has 1 amide bonds. The number of amides is 1. The summed E-state index contributed by atoms with van der Waals surface area (Å²) in [4.78, 5) is 12.7. The van der Waals surface area contributed by atoms with Crippen molar-refractivity contribution in [2.75, 3.05) is 0 Å². The highest BCUT2D eigenvalue weighted by atomic mass is 16.2. The molecule has 0 atom stereocenters. The molecule has 0 saturated heterocycles. The van der Waals surface area contributed by atoms with E-state index in [1.54, 1.807) is 10.9 Å². The zero-order valence-electron chi connectivity index (χ0n) is 15.5. The van der Waals surface area contributed by atoms with Gasteiger partial charge < -0.3 is 5.32 Å². The minimum Gasteiger partial charge on any atom is -0.347 e. The third kappa shape index (κ3) is 4.02. The fourth-order valence-corrected chi connectivity index (χ4v) is 2.86. The standard InChI is InChI=1S/C20H25N5O/c1-4-25-19(12-18(23-25)15(2)3)20(26)21-13-16-8-5-6-9-17(16)14-24-11-7-10-22-24/h5-12,15H,4,13-14H2,1-3H3,(H,21,26). The quantitative estimate of drug-likeness (QED) is 0.711. The van der Waals surface area contributed by atoms with Gasteiger partial charge in [0, 0.05) is 25.5 Å². The molecule has 2 aromatic heterocycles. The zero-order valence-corrected chi connectivity index (χ0v) is 15.5. The minimum absolute atomic E-state index is 0.0971. The summed E-state index contributed by atoms with van der Waals surface area (Å²) in [6.45, 7) is 7.98. The Bertz CT molecular complexity index is 864. The number of aryl methyl sites for hydroxylation is 1. The summed E-state index contributed by atoms with van der Waals surface area (Å²) in [6.07, 6.45) is 3.70. The molecule has 0 unspecified atom stereocenters. The number of rotatable bonds is 7. The monoisotopic (exact) mass is 351 g/mol. The van der Waals surface area contributed by atoms with E-state index in [0.717, 1.165) is 16.8 Å². The van der Waals surface area contributed by atoms with Crippen molar-refractivity contribution in [2.45, 2.75) is 46.3 Å². The van der Waals surface area contributed by atoms with Gasteiger partial charge in [-0.1, -0.05) is 38.1 Å². The van der Waals surface area contributed by atoms with Crippen molar-refractivity contribution < 1.29 is 4.79 Å². The van der Waals surface area contributed by atoms with Gasteiger partial charge in [-0.2, -0.15) is 10.2 Å². The second-order valence-corrected chi connectivity index (χ2v) is 6.58. The number of benzene rings is 1. The molecule has 1 N–H and O–H groups in total. The first-order valence-electron chi connectivity index (χ1n) is 8.98. The average Bonchev–Trinajstić information content (AvgIpc) is 3.30.